The van der Waals surface area contributed by atoms with Crippen LogP contribution in [0.4, 0.5) is 5.13 Å². The van der Waals surface area contributed by atoms with Crippen molar-refractivity contribution in [1.82, 2.24) is 9.88 Å². The summed E-state index contributed by atoms with van der Waals surface area (Å²) in [6, 6.07) is 0.340. The number of anilines is 1. The SMILES string of the molecule is CC(CN1CCCC1)Nc1nc(CC(=O)O)cs1. The van der Waals surface area contributed by atoms with Crippen LogP contribution in [0.3, 0.4) is 0 Å². The lowest BCUT2D eigenvalue weighted by Crippen LogP contribution is -2.32. The molecule has 1 aliphatic heterocycles. The van der Waals surface area contributed by atoms with Crippen molar-refractivity contribution in [3.05, 3.63) is 11.1 Å². The summed E-state index contributed by atoms with van der Waals surface area (Å²) < 4.78 is 0. The van der Waals surface area contributed by atoms with Crippen LogP contribution in [0.25, 0.3) is 0 Å². The van der Waals surface area contributed by atoms with Gasteiger partial charge in [-0.15, -0.1) is 11.3 Å². The Morgan fingerprint density at radius 1 is 1.61 bits per heavy atom. The summed E-state index contributed by atoms with van der Waals surface area (Å²) in [6.07, 6.45) is 2.60. The van der Waals surface area contributed by atoms with Crippen molar-refractivity contribution >= 4 is 22.4 Å². The minimum atomic E-state index is -0.836. The van der Waals surface area contributed by atoms with E-state index in [-0.39, 0.29) is 6.42 Å². The zero-order valence-corrected chi connectivity index (χ0v) is 11.4. The Morgan fingerprint density at radius 2 is 2.33 bits per heavy atom. The predicted molar refractivity (Wildman–Crippen MR) is 72.2 cm³/mol. The van der Waals surface area contributed by atoms with Gasteiger partial charge in [0.2, 0.25) is 0 Å². The zero-order valence-electron chi connectivity index (χ0n) is 10.6. The Bertz CT molecular complexity index is 402. The molecule has 5 nitrogen and oxygen atoms in total. The molecular weight excluding hydrogens is 250 g/mol. The van der Waals surface area contributed by atoms with Gasteiger partial charge in [0.1, 0.15) is 0 Å². The van der Waals surface area contributed by atoms with Crippen molar-refractivity contribution in [2.45, 2.75) is 32.2 Å². The molecule has 2 N–H and O–H groups in total. The number of likely N-dealkylation sites (tertiary alicyclic amines) is 1. The summed E-state index contributed by atoms with van der Waals surface area (Å²) >= 11 is 1.47. The zero-order chi connectivity index (χ0) is 13.0. The van der Waals surface area contributed by atoms with Crippen molar-refractivity contribution in [3.63, 3.8) is 0 Å². The van der Waals surface area contributed by atoms with Crippen LogP contribution in [0.15, 0.2) is 5.38 Å². The number of aliphatic carboxylic acids is 1. The first kappa shape index (κ1) is 13.3. The third-order valence-corrected chi connectivity index (χ3v) is 3.81. The molecule has 2 rings (SSSR count). The van der Waals surface area contributed by atoms with E-state index in [0.717, 1.165) is 11.7 Å². The van der Waals surface area contributed by atoms with Crippen LogP contribution in [-0.2, 0) is 11.2 Å². The number of rotatable bonds is 6. The van der Waals surface area contributed by atoms with Crippen molar-refractivity contribution in [3.8, 4) is 0 Å². The van der Waals surface area contributed by atoms with Crippen molar-refractivity contribution in [2.24, 2.45) is 0 Å². The smallest absolute Gasteiger partial charge is 0.309 e. The molecule has 1 fully saturated rings. The molecule has 1 aromatic rings. The molecular formula is C12H19N3O2S. The highest BCUT2D eigenvalue weighted by atomic mass is 32.1. The van der Waals surface area contributed by atoms with Gasteiger partial charge in [0.15, 0.2) is 5.13 Å². The maximum Gasteiger partial charge on any atom is 0.309 e. The molecule has 0 aromatic carbocycles. The number of hydrogen-bond acceptors (Lipinski definition) is 5. The quantitative estimate of drug-likeness (QED) is 0.822. The summed E-state index contributed by atoms with van der Waals surface area (Å²) in [5.74, 6) is -0.836. The van der Waals surface area contributed by atoms with E-state index in [1.807, 2.05) is 0 Å². The van der Waals surface area contributed by atoms with Crippen LogP contribution < -0.4 is 5.32 Å². The van der Waals surface area contributed by atoms with Crippen LogP contribution in [-0.4, -0.2) is 46.6 Å². The molecule has 0 bridgehead atoms. The average Bonchev–Trinajstić information content (AvgIpc) is 2.89. The molecule has 1 saturated heterocycles. The molecule has 100 valence electrons. The minimum absolute atomic E-state index is 0.00130. The lowest BCUT2D eigenvalue weighted by atomic mass is 10.3. The molecule has 0 spiro atoms. The minimum Gasteiger partial charge on any atom is -0.481 e. The largest absolute Gasteiger partial charge is 0.481 e. The van der Waals surface area contributed by atoms with Gasteiger partial charge in [-0.3, -0.25) is 4.79 Å². The highest BCUT2D eigenvalue weighted by Crippen LogP contribution is 2.17. The Balaban J connectivity index is 1.80. The van der Waals surface area contributed by atoms with E-state index in [1.54, 1.807) is 5.38 Å². The van der Waals surface area contributed by atoms with Gasteiger partial charge in [0, 0.05) is 18.0 Å². The Labute approximate surface area is 111 Å². The molecule has 0 amide bonds. The number of carboxylic acids is 1. The number of nitrogens with zero attached hydrogens (tertiary/aromatic N) is 2. The van der Waals surface area contributed by atoms with Crippen molar-refractivity contribution < 1.29 is 9.90 Å². The van der Waals surface area contributed by atoms with Crippen LogP contribution in [0.5, 0.6) is 0 Å². The third kappa shape index (κ3) is 3.96. The van der Waals surface area contributed by atoms with E-state index in [9.17, 15) is 4.79 Å². The van der Waals surface area contributed by atoms with Gasteiger partial charge >= 0.3 is 5.97 Å². The summed E-state index contributed by atoms with van der Waals surface area (Å²) in [7, 11) is 0. The van der Waals surface area contributed by atoms with Crippen LogP contribution in [0.2, 0.25) is 0 Å². The molecule has 6 heteroatoms. The van der Waals surface area contributed by atoms with Gasteiger partial charge in [-0.2, -0.15) is 0 Å². The Morgan fingerprint density at radius 3 is 3.00 bits per heavy atom. The molecule has 1 aliphatic rings. The van der Waals surface area contributed by atoms with E-state index in [0.29, 0.717) is 11.7 Å². The van der Waals surface area contributed by atoms with Gasteiger partial charge in [0.05, 0.1) is 12.1 Å². The lowest BCUT2D eigenvalue weighted by Gasteiger charge is -2.20. The van der Waals surface area contributed by atoms with Gasteiger partial charge in [0.25, 0.3) is 0 Å². The topological polar surface area (TPSA) is 65.5 Å². The number of thiazole rings is 1. The first-order chi connectivity index (χ1) is 8.63. The second-order valence-corrected chi connectivity index (χ2v) is 5.63. The fraction of sp³-hybridized carbons (Fsp3) is 0.667. The van der Waals surface area contributed by atoms with Crippen LogP contribution in [0, 0.1) is 0 Å². The molecule has 0 aliphatic carbocycles. The number of carbonyl (C=O) groups is 1. The molecule has 1 aromatic heterocycles. The molecule has 0 saturated carbocycles. The summed E-state index contributed by atoms with van der Waals surface area (Å²) in [6.45, 7) is 5.53. The normalized spacial score (nSPS) is 17.8. The summed E-state index contributed by atoms with van der Waals surface area (Å²) in [4.78, 5) is 17.3. The summed E-state index contributed by atoms with van der Waals surface area (Å²) in [5, 5.41) is 14.6. The maximum absolute atomic E-state index is 10.6. The standard InChI is InChI=1S/C12H19N3O2S/c1-9(7-15-4-2-3-5-15)13-12-14-10(8-18-12)6-11(16)17/h8-9H,2-7H2,1H3,(H,13,14)(H,16,17). The van der Waals surface area contributed by atoms with Crippen molar-refractivity contribution in [2.75, 3.05) is 25.0 Å². The van der Waals surface area contributed by atoms with E-state index in [4.69, 9.17) is 5.11 Å². The van der Waals surface area contributed by atoms with E-state index in [1.165, 1.54) is 37.3 Å². The van der Waals surface area contributed by atoms with Gasteiger partial charge in [-0.05, 0) is 32.9 Å². The molecule has 2 heterocycles. The highest BCUT2D eigenvalue weighted by molar-refractivity contribution is 7.13. The number of hydrogen-bond donors (Lipinski definition) is 2. The lowest BCUT2D eigenvalue weighted by molar-refractivity contribution is -0.136. The monoisotopic (exact) mass is 269 g/mol. The predicted octanol–water partition coefficient (Wildman–Crippen LogP) is 1.67. The average molecular weight is 269 g/mol. The van der Waals surface area contributed by atoms with Gasteiger partial charge in [-0.25, -0.2) is 4.98 Å². The Kier molecular flexibility index (Phi) is 4.54. The third-order valence-electron chi connectivity index (χ3n) is 2.98. The second-order valence-electron chi connectivity index (χ2n) is 4.77. The fourth-order valence-corrected chi connectivity index (χ4v) is 3.04. The number of nitrogens with one attached hydrogen (secondary N) is 1. The van der Waals surface area contributed by atoms with Gasteiger partial charge < -0.3 is 15.3 Å². The highest BCUT2D eigenvalue weighted by Gasteiger charge is 2.15. The van der Waals surface area contributed by atoms with Crippen LogP contribution >= 0.6 is 11.3 Å². The fourth-order valence-electron chi connectivity index (χ4n) is 2.22. The van der Waals surface area contributed by atoms with Gasteiger partial charge in [-0.1, -0.05) is 0 Å². The Hall–Kier alpha value is -1.14. The van der Waals surface area contributed by atoms with Crippen LogP contribution in [0.1, 0.15) is 25.5 Å². The molecule has 0 radical (unpaired) electrons. The van der Waals surface area contributed by atoms with E-state index < -0.39 is 5.97 Å². The second kappa shape index (κ2) is 6.15. The first-order valence-corrected chi connectivity index (χ1v) is 7.16. The van der Waals surface area contributed by atoms with E-state index >= 15 is 0 Å². The molecule has 1 atom stereocenters. The summed E-state index contributed by atoms with van der Waals surface area (Å²) in [5.41, 5.74) is 0.628. The maximum atomic E-state index is 10.6. The number of aromatic nitrogens is 1. The first-order valence-electron chi connectivity index (χ1n) is 6.28. The van der Waals surface area contributed by atoms with Crippen molar-refractivity contribution in [1.29, 1.82) is 0 Å². The molecule has 1 unspecified atom stereocenters. The molecule has 18 heavy (non-hydrogen) atoms. The van der Waals surface area contributed by atoms with E-state index in [2.05, 4.69) is 22.1 Å². The number of carboxylic acid groups (broad SMARTS) is 1.